The molecule has 0 aliphatic heterocycles. The highest BCUT2D eigenvalue weighted by Gasteiger charge is 2.38. The molecule has 0 spiro atoms. The molecule has 0 bridgehead atoms. The summed E-state index contributed by atoms with van der Waals surface area (Å²) in [7, 11) is 0. The number of carbonyl (C=O) groups is 1. The maximum absolute atomic E-state index is 12.4. The van der Waals surface area contributed by atoms with Gasteiger partial charge in [0.15, 0.2) is 0 Å². The second kappa shape index (κ2) is 5.42. The van der Waals surface area contributed by atoms with Crippen molar-refractivity contribution in [3.63, 3.8) is 0 Å². The lowest BCUT2D eigenvalue weighted by atomic mass is 9.77. The molecule has 2 unspecified atom stereocenters. The molecule has 1 heteroatoms. The van der Waals surface area contributed by atoms with Gasteiger partial charge in [-0.2, -0.15) is 0 Å². The molecule has 2 atom stereocenters. The summed E-state index contributed by atoms with van der Waals surface area (Å²) < 4.78 is 0. The van der Waals surface area contributed by atoms with E-state index in [-0.39, 0.29) is 5.92 Å². The van der Waals surface area contributed by atoms with E-state index in [1.807, 2.05) is 24.3 Å². The molecule has 1 fully saturated rings. The quantitative estimate of drug-likeness (QED) is 0.777. The lowest BCUT2D eigenvalue weighted by Crippen LogP contribution is -2.18. The third-order valence-electron chi connectivity index (χ3n) is 4.75. The molecule has 0 amide bonds. The molecule has 2 aliphatic carbocycles. The summed E-state index contributed by atoms with van der Waals surface area (Å²) >= 11 is 0. The van der Waals surface area contributed by atoms with E-state index in [1.165, 1.54) is 22.3 Å². The Bertz CT molecular complexity index is 753. The lowest BCUT2D eigenvalue weighted by molar-refractivity contribution is -0.119. The van der Waals surface area contributed by atoms with Gasteiger partial charge in [-0.15, -0.1) is 0 Å². The van der Waals surface area contributed by atoms with Crippen molar-refractivity contribution < 1.29 is 4.79 Å². The first kappa shape index (κ1) is 13.3. The predicted molar refractivity (Wildman–Crippen MR) is 90.1 cm³/mol. The molecular weight excluding hydrogens is 268 g/mol. The van der Waals surface area contributed by atoms with Crippen LogP contribution in [0.25, 0.3) is 11.1 Å². The fourth-order valence-electron chi connectivity index (χ4n) is 3.69. The van der Waals surface area contributed by atoms with Crippen molar-refractivity contribution in [2.45, 2.75) is 12.8 Å². The van der Waals surface area contributed by atoms with Gasteiger partial charge in [-0.1, -0.05) is 72.8 Å². The van der Waals surface area contributed by atoms with Gasteiger partial charge in [0.25, 0.3) is 0 Å². The number of hydrogen-bond donors (Lipinski definition) is 0. The molecule has 0 radical (unpaired) electrons. The van der Waals surface area contributed by atoms with Crippen LogP contribution < -0.4 is 0 Å². The monoisotopic (exact) mass is 286 g/mol. The molecule has 108 valence electrons. The number of hydrogen-bond acceptors (Lipinski definition) is 1. The van der Waals surface area contributed by atoms with E-state index >= 15 is 0 Å². The SMILES string of the molecule is O=C1CCC2C=C(c3ccccc3)C=C(c3ccccc3)C12. The number of benzene rings is 2. The maximum atomic E-state index is 12.4. The summed E-state index contributed by atoms with van der Waals surface area (Å²) in [5.74, 6) is 0.793. The second-order valence-electron chi connectivity index (χ2n) is 6.10. The van der Waals surface area contributed by atoms with E-state index in [0.717, 1.165) is 6.42 Å². The Kier molecular flexibility index (Phi) is 3.27. The van der Waals surface area contributed by atoms with Crippen LogP contribution in [0.3, 0.4) is 0 Å². The van der Waals surface area contributed by atoms with Crippen LogP contribution in [0.15, 0.2) is 72.8 Å². The first-order valence-corrected chi connectivity index (χ1v) is 7.90. The van der Waals surface area contributed by atoms with Gasteiger partial charge in [0.05, 0.1) is 0 Å². The zero-order chi connectivity index (χ0) is 14.9. The molecule has 0 N–H and O–H groups in total. The summed E-state index contributed by atoms with van der Waals surface area (Å²) in [4.78, 5) is 12.4. The Morgan fingerprint density at radius 2 is 1.45 bits per heavy atom. The number of allylic oxidation sites excluding steroid dienone is 4. The molecule has 1 saturated carbocycles. The van der Waals surface area contributed by atoms with E-state index in [4.69, 9.17) is 0 Å². The summed E-state index contributed by atoms with van der Waals surface area (Å²) in [6.07, 6.45) is 6.20. The topological polar surface area (TPSA) is 17.1 Å². The van der Waals surface area contributed by atoms with Crippen molar-refractivity contribution in [1.29, 1.82) is 0 Å². The zero-order valence-electron chi connectivity index (χ0n) is 12.4. The van der Waals surface area contributed by atoms with Gasteiger partial charge in [0.1, 0.15) is 5.78 Å². The Morgan fingerprint density at radius 1 is 0.818 bits per heavy atom. The highest BCUT2D eigenvalue weighted by Crippen LogP contribution is 2.45. The average molecular weight is 286 g/mol. The first-order valence-electron chi connectivity index (χ1n) is 7.90. The third-order valence-corrected chi connectivity index (χ3v) is 4.75. The van der Waals surface area contributed by atoms with Crippen LogP contribution in [0.2, 0.25) is 0 Å². The fraction of sp³-hybridized carbons (Fsp3) is 0.190. The molecule has 2 aromatic carbocycles. The fourth-order valence-corrected chi connectivity index (χ4v) is 3.69. The van der Waals surface area contributed by atoms with Crippen molar-refractivity contribution >= 4 is 16.9 Å². The van der Waals surface area contributed by atoms with Gasteiger partial charge in [0, 0.05) is 12.3 Å². The van der Waals surface area contributed by atoms with E-state index in [0.29, 0.717) is 18.1 Å². The van der Waals surface area contributed by atoms with Gasteiger partial charge in [0.2, 0.25) is 0 Å². The van der Waals surface area contributed by atoms with Crippen LogP contribution in [-0.4, -0.2) is 5.78 Å². The van der Waals surface area contributed by atoms with E-state index < -0.39 is 0 Å². The van der Waals surface area contributed by atoms with E-state index in [9.17, 15) is 4.79 Å². The number of rotatable bonds is 2. The first-order chi connectivity index (χ1) is 10.8. The predicted octanol–water partition coefficient (Wildman–Crippen LogP) is 4.76. The summed E-state index contributed by atoms with van der Waals surface area (Å²) in [5, 5.41) is 0. The highest BCUT2D eigenvalue weighted by molar-refractivity contribution is 6.00. The van der Waals surface area contributed by atoms with Crippen molar-refractivity contribution in [1.82, 2.24) is 0 Å². The summed E-state index contributed by atoms with van der Waals surface area (Å²) in [6, 6.07) is 20.8. The van der Waals surface area contributed by atoms with Crippen LogP contribution >= 0.6 is 0 Å². The van der Waals surface area contributed by atoms with Crippen molar-refractivity contribution in [3.05, 3.63) is 83.9 Å². The van der Waals surface area contributed by atoms with E-state index in [2.05, 4.69) is 48.6 Å². The Morgan fingerprint density at radius 3 is 2.14 bits per heavy atom. The van der Waals surface area contributed by atoms with Crippen molar-refractivity contribution in [2.24, 2.45) is 11.8 Å². The van der Waals surface area contributed by atoms with Crippen molar-refractivity contribution in [2.75, 3.05) is 0 Å². The van der Waals surface area contributed by atoms with Crippen LogP contribution in [0.5, 0.6) is 0 Å². The Balaban J connectivity index is 1.84. The lowest BCUT2D eigenvalue weighted by Gasteiger charge is -2.25. The average Bonchev–Trinajstić information content (AvgIpc) is 2.97. The maximum Gasteiger partial charge on any atom is 0.140 e. The summed E-state index contributed by atoms with van der Waals surface area (Å²) in [5.41, 5.74) is 4.84. The molecule has 0 heterocycles. The summed E-state index contributed by atoms with van der Waals surface area (Å²) in [6.45, 7) is 0. The zero-order valence-corrected chi connectivity index (χ0v) is 12.4. The smallest absolute Gasteiger partial charge is 0.140 e. The molecule has 1 nitrogen and oxygen atoms in total. The minimum atomic E-state index is 0.0508. The number of ketones is 1. The third kappa shape index (κ3) is 2.23. The van der Waals surface area contributed by atoms with E-state index in [1.54, 1.807) is 0 Å². The molecule has 4 rings (SSSR count). The van der Waals surface area contributed by atoms with Crippen LogP contribution in [-0.2, 0) is 4.79 Å². The molecule has 0 aromatic heterocycles. The molecule has 0 saturated heterocycles. The number of fused-ring (bicyclic) bond motifs is 1. The molecule has 2 aromatic rings. The normalized spacial score (nSPS) is 23.7. The van der Waals surface area contributed by atoms with Crippen molar-refractivity contribution in [3.8, 4) is 0 Å². The minimum absolute atomic E-state index is 0.0508. The number of Topliss-reactive ketones (excluding diaryl/α,β-unsaturated/α-hetero) is 1. The van der Waals surface area contributed by atoms with Gasteiger partial charge in [-0.25, -0.2) is 0 Å². The second-order valence-corrected chi connectivity index (χ2v) is 6.10. The van der Waals surface area contributed by atoms with Crippen LogP contribution in [0, 0.1) is 11.8 Å². The minimum Gasteiger partial charge on any atom is -0.299 e. The van der Waals surface area contributed by atoms with Crippen LogP contribution in [0.4, 0.5) is 0 Å². The number of carbonyl (C=O) groups excluding carboxylic acids is 1. The largest absolute Gasteiger partial charge is 0.299 e. The Hall–Kier alpha value is -2.41. The van der Waals surface area contributed by atoms with Gasteiger partial charge >= 0.3 is 0 Å². The molecule has 2 aliphatic rings. The molecule has 22 heavy (non-hydrogen) atoms. The highest BCUT2D eigenvalue weighted by atomic mass is 16.1. The molecular formula is C21H18O. The van der Waals surface area contributed by atoms with Gasteiger partial charge in [-0.05, 0) is 34.6 Å². The van der Waals surface area contributed by atoms with Gasteiger partial charge < -0.3 is 0 Å². The standard InChI is InChI=1S/C21H18O/c22-20-12-11-17-13-18(15-7-3-1-4-8-15)14-19(21(17)20)16-9-5-2-6-10-16/h1-10,13-14,17,21H,11-12H2. The van der Waals surface area contributed by atoms with Crippen LogP contribution in [0.1, 0.15) is 24.0 Å². The Labute approximate surface area is 131 Å². The van der Waals surface area contributed by atoms with Gasteiger partial charge in [-0.3, -0.25) is 4.79 Å².